The lowest BCUT2D eigenvalue weighted by atomic mass is 10.2. The Hall–Kier alpha value is -0.450. The molecule has 2 nitrogen and oxygen atoms in total. The molecule has 0 heterocycles. The fourth-order valence-electron chi connectivity index (χ4n) is 1.73. The molecule has 0 aliphatic rings. The normalized spacial score (nSPS) is 11.1. The Morgan fingerprint density at radius 3 is 2.71 bits per heavy atom. The molecule has 1 aromatic rings. The lowest BCUT2D eigenvalue weighted by Crippen LogP contribution is -2.30. The molecular weight excluding hydrogens is 283 g/mol. The average molecular weight is 303 g/mol. The minimum absolute atomic E-state index is 0.209. The highest BCUT2D eigenvalue weighted by molar-refractivity contribution is 9.10. The van der Waals surface area contributed by atoms with Crippen LogP contribution in [-0.2, 0) is 6.54 Å². The van der Waals surface area contributed by atoms with Crippen LogP contribution in [0.2, 0.25) is 0 Å². The third-order valence-corrected chi connectivity index (χ3v) is 3.42. The molecule has 1 aromatic carbocycles. The number of halogens is 2. The first kappa shape index (κ1) is 14.6. The molecule has 96 valence electrons. The summed E-state index contributed by atoms with van der Waals surface area (Å²) in [6.07, 6.45) is 2.34. The van der Waals surface area contributed by atoms with Crippen LogP contribution in [0.15, 0.2) is 22.7 Å². The predicted molar refractivity (Wildman–Crippen MR) is 73.3 cm³/mol. The predicted octanol–water partition coefficient (Wildman–Crippen LogP) is 3.15. The molecule has 0 aliphatic carbocycles. The fraction of sp³-hybridized carbons (Fsp3) is 0.538. The van der Waals surface area contributed by atoms with E-state index in [2.05, 4.69) is 27.8 Å². The van der Waals surface area contributed by atoms with Gasteiger partial charge in [-0.15, -0.1) is 0 Å². The van der Waals surface area contributed by atoms with Crippen LogP contribution < -0.4 is 5.73 Å². The van der Waals surface area contributed by atoms with Gasteiger partial charge in [-0.3, -0.25) is 4.90 Å². The third-order valence-electron chi connectivity index (χ3n) is 2.68. The van der Waals surface area contributed by atoms with Crippen molar-refractivity contribution in [3.63, 3.8) is 0 Å². The summed E-state index contributed by atoms with van der Waals surface area (Å²) in [5.74, 6) is -0.209. The van der Waals surface area contributed by atoms with Gasteiger partial charge in [-0.25, -0.2) is 4.39 Å². The molecule has 0 spiro atoms. The van der Waals surface area contributed by atoms with E-state index < -0.39 is 0 Å². The van der Waals surface area contributed by atoms with E-state index in [1.54, 1.807) is 0 Å². The first-order valence-electron chi connectivity index (χ1n) is 6.03. The second-order valence-corrected chi connectivity index (χ2v) is 5.01. The number of benzene rings is 1. The largest absolute Gasteiger partial charge is 0.329 e. The fourth-order valence-corrected chi connectivity index (χ4v) is 2.20. The molecule has 17 heavy (non-hydrogen) atoms. The Labute approximate surface area is 111 Å². The quantitative estimate of drug-likeness (QED) is 0.838. The number of hydrogen-bond donors (Lipinski definition) is 1. The number of hydrogen-bond acceptors (Lipinski definition) is 2. The summed E-state index contributed by atoms with van der Waals surface area (Å²) in [5.41, 5.74) is 6.71. The van der Waals surface area contributed by atoms with Gasteiger partial charge in [-0.1, -0.05) is 35.3 Å². The molecule has 0 amide bonds. The van der Waals surface area contributed by atoms with E-state index in [4.69, 9.17) is 5.73 Å². The van der Waals surface area contributed by atoms with E-state index in [0.29, 0.717) is 6.54 Å². The maximum atomic E-state index is 13.0. The highest BCUT2D eigenvalue weighted by atomic mass is 79.9. The molecule has 0 saturated heterocycles. The van der Waals surface area contributed by atoms with Crippen molar-refractivity contribution in [3.05, 3.63) is 34.1 Å². The van der Waals surface area contributed by atoms with E-state index >= 15 is 0 Å². The van der Waals surface area contributed by atoms with Crippen LogP contribution in [0.25, 0.3) is 0 Å². The summed E-state index contributed by atoms with van der Waals surface area (Å²) in [6.45, 7) is 5.57. The van der Waals surface area contributed by atoms with Gasteiger partial charge in [0.05, 0.1) is 0 Å². The minimum Gasteiger partial charge on any atom is -0.329 e. The maximum Gasteiger partial charge on any atom is 0.124 e. The summed E-state index contributed by atoms with van der Waals surface area (Å²) in [6, 6.07) is 4.84. The van der Waals surface area contributed by atoms with E-state index in [0.717, 1.165) is 29.7 Å². The lowest BCUT2D eigenvalue weighted by Gasteiger charge is -2.22. The monoisotopic (exact) mass is 302 g/mol. The molecule has 0 radical (unpaired) electrons. The van der Waals surface area contributed by atoms with Crippen LogP contribution in [0.3, 0.4) is 0 Å². The van der Waals surface area contributed by atoms with Crippen LogP contribution in [0.1, 0.15) is 25.3 Å². The molecule has 0 aromatic heterocycles. The van der Waals surface area contributed by atoms with Crippen LogP contribution >= 0.6 is 15.9 Å². The van der Waals surface area contributed by atoms with Crippen molar-refractivity contribution in [2.45, 2.75) is 26.3 Å². The first-order valence-corrected chi connectivity index (χ1v) is 6.83. The Kier molecular flexibility index (Phi) is 6.70. The van der Waals surface area contributed by atoms with Gasteiger partial charge in [0.2, 0.25) is 0 Å². The van der Waals surface area contributed by atoms with Crippen molar-refractivity contribution in [1.29, 1.82) is 0 Å². The van der Waals surface area contributed by atoms with Gasteiger partial charge in [0, 0.05) is 24.1 Å². The molecule has 4 heteroatoms. The van der Waals surface area contributed by atoms with Gasteiger partial charge in [-0.2, -0.15) is 0 Å². The zero-order valence-corrected chi connectivity index (χ0v) is 11.8. The van der Waals surface area contributed by atoms with Crippen LogP contribution in [0.4, 0.5) is 4.39 Å². The second-order valence-electron chi connectivity index (χ2n) is 4.15. The standard InChI is InChI=1S/C13H20BrFN2/c1-2-3-7-17(8-6-16)10-11-4-5-12(15)9-13(11)14/h4-5,9H,2-3,6-8,10,16H2,1H3. The van der Waals surface area contributed by atoms with Crippen molar-refractivity contribution in [2.24, 2.45) is 5.73 Å². The summed E-state index contributed by atoms with van der Waals surface area (Å²) in [7, 11) is 0. The number of nitrogens with two attached hydrogens (primary N) is 1. The molecule has 1 rings (SSSR count). The van der Waals surface area contributed by atoms with Crippen molar-refractivity contribution < 1.29 is 4.39 Å². The van der Waals surface area contributed by atoms with E-state index in [1.165, 1.54) is 25.0 Å². The number of rotatable bonds is 7. The smallest absolute Gasteiger partial charge is 0.124 e. The van der Waals surface area contributed by atoms with Gasteiger partial charge in [-0.05, 0) is 30.7 Å². The van der Waals surface area contributed by atoms with Gasteiger partial charge in [0.25, 0.3) is 0 Å². The van der Waals surface area contributed by atoms with Gasteiger partial charge in [0.1, 0.15) is 5.82 Å². The summed E-state index contributed by atoms with van der Waals surface area (Å²) in [4.78, 5) is 2.31. The van der Waals surface area contributed by atoms with Gasteiger partial charge in [0.15, 0.2) is 0 Å². The van der Waals surface area contributed by atoms with Crippen LogP contribution in [0.5, 0.6) is 0 Å². The Morgan fingerprint density at radius 2 is 2.12 bits per heavy atom. The summed E-state index contributed by atoms with van der Waals surface area (Å²) >= 11 is 3.40. The van der Waals surface area contributed by atoms with Crippen molar-refractivity contribution >= 4 is 15.9 Å². The zero-order chi connectivity index (χ0) is 12.7. The molecule has 0 saturated carbocycles. The average Bonchev–Trinajstić information content (AvgIpc) is 2.29. The van der Waals surface area contributed by atoms with Crippen LogP contribution in [0, 0.1) is 5.82 Å². The van der Waals surface area contributed by atoms with E-state index in [9.17, 15) is 4.39 Å². The van der Waals surface area contributed by atoms with Crippen molar-refractivity contribution in [1.82, 2.24) is 4.90 Å². The zero-order valence-electron chi connectivity index (χ0n) is 10.3. The SMILES string of the molecule is CCCCN(CCN)Cc1ccc(F)cc1Br. The Bertz CT molecular complexity index is 344. The Balaban J connectivity index is 2.64. The maximum absolute atomic E-state index is 13.0. The van der Waals surface area contributed by atoms with E-state index in [-0.39, 0.29) is 5.82 Å². The Morgan fingerprint density at radius 1 is 1.35 bits per heavy atom. The van der Waals surface area contributed by atoms with Crippen LogP contribution in [-0.4, -0.2) is 24.5 Å². The highest BCUT2D eigenvalue weighted by Gasteiger charge is 2.08. The second kappa shape index (κ2) is 7.80. The molecular formula is C13H20BrFN2. The minimum atomic E-state index is -0.209. The number of unbranched alkanes of at least 4 members (excludes halogenated alkanes) is 1. The first-order chi connectivity index (χ1) is 8.17. The topological polar surface area (TPSA) is 29.3 Å². The lowest BCUT2D eigenvalue weighted by molar-refractivity contribution is 0.268. The highest BCUT2D eigenvalue weighted by Crippen LogP contribution is 2.19. The number of nitrogens with zero attached hydrogens (tertiary/aromatic N) is 1. The molecule has 0 fully saturated rings. The molecule has 0 atom stereocenters. The summed E-state index contributed by atoms with van der Waals surface area (Å²) in [5, 5.41) is 0. The van der Waals surface area contributed by atoms with Crippen molar-refractivity contribution in [2.75, 3.05) is 19.6 Å². The van der Waals surface area contributed by atoms with E-state index in [1.807, 2.05) is 6.07 Å². The molecule has 0 bridgehead atoms. The van der Waals surface area contributed by atoms with Gasteiger partial charge >= 0.3 is 0 Å². The molecule has 0 aliphatic heterocycles. The molecule has 2 N–H and O–H groups in total. The van der Waals surface area contributed by atoms with Crippen molar-refractivity contribution in [3.8, 4) is 0 Å². The van der Waals surface area contributed by atoms with Gasteiger partial charge < -0.3 is 5.73 Å². The molecule has 0 unspecified atom stereocenters. The summed E-state index contributed by atoms with van der Waals surface area (Å²) < 4.78 is 13.8. The third kappa shape index (κ3) is 5.15.